The van der Waals surface area contributed by atoms with E-state index in [0.717, 1.165) is 0 Å². The highest BCUT2D eigenvalue weighted by atomic mass is 16.5. The van der Waals surface area contributed by atoms with E-state index in [4.69, 9.17) is 5.21 Å². The Morgan fingerprint density at radius 3 is 2.80 bits per heavy atom. The lowest BCUT2D eigenvalue weighted by Gasteiger charge is -2.10. The summed E-state index contributed by atoms with van der Waals surface area (Å²) in [6.45, 7) is 1.46. The van der Waals surface area contributed by atoms with Gasteiger partial charge in [-0.3, -0.25) is 19.8 Å². The Morgan fingerprint density at radius 1 is 1.53 bits per heavy atom. The summed E-state index contributed by atoms with van der Waals surface area (Å²) in [7, 11) is 0. The number of pyridine rings is 1. The van der Waals surface area contributed by atoms with Crippen LogP contribution in [0.5, 0.6) is 0 Å². The number of nitrogens with zero attached hydrogens (tertiary/aromatic N) is 1. The molecule has 0 fully saturated rings. The van der Waals surface area contributed by atoms with Crippen LogP contribution in [0.2, 0.25) is 0 Å². The maximum absolute atomic E-state index is 11.5. The largest absolute Gasteiger partial charge is 0.340 e. The molecule has 0 unspecified atom stereocenters. The van der Waals surface area contributed by atoms with Gasteiger partial charge in [-0.05, 0) is 19.1 Å². The Balaban J connectivity index is 2.61. The van der Waals surface area contributed by atoms with E-state index in [1.165, 1.54) is 18.6 Å². The van der Waals surface area contributed by atoms with Crippen LogP contribution in [0, 0.1) is 0 Å². The van der Waals surface area contributed by atoms with E-state index in [2.05, 4.69) is 10.3 Å². The number of carbonyl (C=O) groups excluding carboxylic acids is 2. The SMILES string of the molecule is C[C@@H](NC(=O)c1cccnc1)C(=O)NO. The monoisotopic (exact) mass is 209 g/mol. The molecule has 0 radical (unpaired) electrons. The van der Waals surface area contributed by atoms with E-state index >= 15 is 0 Å². The number of amides is 2. The van der Waals surface area contributed by atoms with Crippen LogP contribution in [0.3, 0.4) is 0 Å². The number of hydrogen-bond acceptors (Lipinski definition) is 4. The molecule has 1 rings (SSSR count). The van der Waals surface area contributed by atoms with Gasteiger partial charge >= 0.3 is 0 Å². The summed E-state index contributed by atoms with van der Waals surface area (Å²) in [4.78, 5) is 26.1. The van der Waals surface area contributed by atoms with Crippen molar-refractivity contribution >= 4 is 11.8 Å². The average molecular weight is 209 g/mol. The van der Waals surface area contributed by atoms with Crippen LogP contribution >= 0.6 is 0 Å². The normalized spacial score (nSPS) is 11.6. The van der Waals surface area contributed by atoms with Crippen molar-refractivity contribution in [3.63, 3.8) is 0 Å². The fraction of sp³-hybridized carbons (Fsp3) is 0.222. The van der Waals surface area contributed by atoms with Gasteiger partial charge in [0.05, 0.1) is 5.56 Å². The summed E-state index contributed by atoms with van der Waals surface area (Å²) in [6.07, 6.45) is 2.93. The van der Waals surface area contributed by atoms with Gasteiger partial charge in [0, 0.05) is 12.4 Å². The molecule has 1 atom stereocenters. The molecule has 2 amide bonds. The van der Waals surface area contributed by atoms with E-state index in [0.29, 0.717) is 5.56 Å². The van der Waals surface area contributed by atoms with Crippen molar-refractivity contribution in [1.82, 2.24) is 15.8 Å². The number of hydrogen-bond donors (Lipinski definition) is 3. The molecule has 1 aromatic rings. The van der Waals surface area contributed by atoms with Crippen LogP contribution in [0.25, 0.3) is 0 Å². The highest BCUT2D eigenvalue weighted by molar-refractivity contribution is 5.96. The van der Waals surface area contributed by atoms with Gasteiger partial charge in [0.1, 0.15) is 6.04 Å². The zero-order valence-corrected chi connectivity index (χ0v) is 8.10. The van der Waals surface area contributed by atoms with Gasteiger partial charge in [0.25, 0.3) is 11.8 Å². The summed E-state index contributed by atoms with van der Waals surface area (Å²) in [6, 6.07) is 2.39. The van der Waals surface area contributed by atoms with E-state index < -0.39 is 17.9 Å². The second-order valence-electron chi connectivity index (χ2n) is 2.91. The maximum atomic E-state index is 11.5. The molecule has 1 aromatic heterocycles. The van der Waals surface area contributed by atoms with E-state index in [1.54, 1.807) is 18.3 Å². The molecular formula is C9H11N3O3. The second-order valence-corrected chi connectivity index (χ2v) is 2.91. The average Bonchev–Trinajstić information content (AvgIpc) is 2.29. The number of carbonyl (C=O) groups is 2. The Labute approximate surface area is 86.3 Å². The molecule has 3 N–H and O–H groups in total. The van der Waals surface area contributed by atoms with Crippen LogP contribution in [0.1, 0.15) is 17.3 Å². The molecular weight excluding hydrogens is 198 g/mol. The molecule has 80 valence electrons. The molecule has 0 spiro atoms. The smallest absolute Gasteiger partial charge is 0.265 e. The van der Waals surface area contributed by atoms with Gasteiger partial charge in [0.2, 0.25) is 0 Å². The first-order valence-electron chi connectivity index (χ1n) is 4.30. The molecule has 6 heteroatoms. The predicted octanol–water partition coefficient (Wildman–Crippen LogP) is -0.295. The zero-order chi connectivity index (χ0) is 11.3. The molecule has 0 saturated heterocycles. The number of hydroxylamine groups is 1. The van der Waals surface area contributed by atoms with E-state index in [1.807, 2.05) is 0 Å². The first kappa shape index (κ1) is 11.1. The molecule has 0 saturated carbocycles. The highest BCUT2D eigenvalue weighted by Gasteiger charge is 2.15. The van der Waals surface area contributed by atoms with Gasteiger partial charge in [0.15, 0.2) is 0 Å². The van der Waals surface area contributed by atoms with E-state index in [-0.39, 0.29) is 0 Å². The number of rotatable bonds is 3. The van der Waals surface area contributed by atoms with E-state index in [9.17, 15) is 9.59 Å². The van der Waals surface area contributed by atoms with Crippen LogP contribution in [0.15, 0.2) is 24.5 Å². The van der Waals surface area contributed by atoms with Crippen molar-refractivity contribution in [2.24, 2.45) is 0 Å². The second kappa shape index (κ2) is 5.06. The van der Waals surface area contributed by atoms with Crippen molar-refractivity contribution in [2.45, 2.75) is 13.0 Å². The van der Waals surface area contributed by atoms with Crippen LogP contribution in [-0.4, -0.2) is 28.0 Å². The minimum Gasteiger partial charge on any atom is -0.340 e. The molecule has 1 heterocycles. The topological polar surface area (TPSA) is 91.3 Å². The van der Waals surface area contributed by atoms with Gasteiger partial charge in [-0.1, -0.05) is 0 Å². The molecule has 0 bridgehead atoms. The Morgan fingerprint density at radius 2 is 2.27 bits per heavy atom. The zero-order valence-electron chi connectivity index (χ0n) is 8.10. The molecule has 0 aliphatic heterocycles. The third-order valence-electron chi connectivity index (χ3n) is 1.77. The summed E-state index contributed by atoms with van der Waals surface area (Å²) >= 11 is 0. The molecule has 0 aliphatic carbocycles. The summed E-state index contributed by atoms with van der Waals surface area (Å²) in [5.74, 6) is -1.09. The highest BCUT2D eigenvalue weighted by Crippen LogP contribution is 1.96. The summed E-state index contributed by atoms with van der Waals surface area (Å²) < 4.78 is 0. The van der Waals surface area contributed by atoms with Gasteiger partial charge in [-0.2, -0.15) is 0 Å². The quantitative estimate of drug-likeness (QED) is 0.471. The molecule has 0 aliphatic rings. The standard InChI is InChI=1S/C9H11N3O3/c1-6(8(13)12-15)11-9(14)7-3-2-4-10-5-7/h2-6,15H,1H3,(H,11,14)(H,12,13)/t6-/m1/s1. The number of nitrogens with one attached hydrogen (secondary N) is 2. The first-order chi connectivity index (χ1) is 7.15. The van der Waals surface area contributed by atoms with Crippen LogP contribution < -0.4 is 10.8 Å². The lowest BCUT2D eigenvalue weighted by molar-refractivity contribution is -0.130. The van der Waals surface area contributed by atoms with Crippen molar-refractivity contribution in [3.8, 4) is 0 Å². The third-order valence-corrected chi connectivity index (χ3v) is 1.77. The van der Waals surface area contributed by atoms with Crippen molar-refractivity contribution in [1.29, 1.82) is 0 Å². The first-order valence-corrected chi connectivity index (χ1v) is 4.30. The number of aromatic nitrogens is 1. The van der Waals surface area contributed by atoms with Gasteiger partial charge < -0.3 is 5.32 Å². The fourth-order valence-corrected chi connectivity index (χ4v) is 0.939. The van der Waals surface area contributed by atoms with Gasteiger partial charge in [-0.25, -0.2) is 5.48 Å². The minimum atomic E-state index is -0.803. The lowest BCUT2D eigenvalue weighted by Crippen LogP contribution is -2.43. The fourth-order valence-electron chi connectivity index (χ4n) is 0.939. The summed E-state index contributed by atoms with van der Waals surface area (Å²) in [5.41, 5.74) is 1.81. The Kier molecular flexibility index (Phi) is 3.75. The molecule has 6 nitrogen and oxygen atoms in total. The third kappa shape index (κ3) is 3.03. The molecule has 0 aromatic carbocycles. The van der Waals surface area contributed by atoms with Crippen LogP contribution in [-0.2, 0) is 4.79 Å². The van der Waals surface area contributed by atoms with Crippen molar-refractivity contribution in [2.75, 3.05) is 0 Å². The van der Waals surface area contributed by atoms with Crippen molar-refractivity contribution < 1.29 is 14.8 Å². The Bertz CT molecular complexity index is 353. The van der Waals surface area contributed by atoms with Gasteiger partial charge in [-0.15, -0.1) is 0 Å². The maximum Gasteiger partial charge on any atom is 0.265 e. The predicted molar refractivity (Wildman–Crippen MR) is 51.1 cm³/mol. The Hall–Kier alpha value is -1.95. The molecule has 15 heavy (non-hydrogen) atoms. The lowest BCUT2D eigenvalue weighted by atomic mass is 10.2. The summed E-state index contributed by atoms with van der Waals surface area (Å²) in [5, 5.41) is 10.7. The minimum absolute atomic E-state index is 0.357. The van der Waals surface area contributed by atoms with Crippen molar-refractivity contribution in [3.05, 3.63) is 30.1 Å². The van der Waals surface area contributed by atoms with Crippen LogP contribution in [0.4, 0.5) is 0 Å².